The molecule has 0 aliphatic heterocycles. The first kappa shape index (κ1) is 14.7. The summed E-state index contributed by atoms with van der Waals surface area (Å²) in [6.45, 7) is 0.248. The number of carbonyl (C=O) groups excluding carboxylic acids is 1. The van der Waals surface area contributed by atoms with E-state index in [0.29, 0.717) is 5.15 Å². The molecule has 1 amide bonds. The normalized spacial score (nSPS) is 12.7. The fourth-order valence-corrected chi connectivity index (χ4v) is 2.19. The zero-order chi connectivity index (χ0) is 14.8. The molecule has 0 N–H and O–H groups in total. The maximum absolute atomic E-state index is 12.2. The van der Waals surface area contributed by atoms with Gasteiger partial charge in [-0.2, -0.15) is 18.2 Å². The minimum Gasteiger partial charge on any atom is -0.319 e. The third-order valence-corrected chi connectivity index (χ3v) is 3.26. The van der Waals surface area contributed by atoms with E-state index in [0.717, 1.165) is 16.9 Å². The van der Waals surface area contributed by atoms with Crippen LogP contribution in [0.1, 0.15) is 5.56 Å². The second-order valence-corrected chi connectivity index (χ2v) is 4.98. The standard InChI is InChI=1S/C11H7ClF3N3OS/c12-8-2-1-7(5-16-8)6-18-3-4-20-10(18)17-9(19)11(13,14)15/h1-5H,6H2/b17-10+. The van der Waals surface area contributed by atoms with Crippen molar-refractivity contribution >= 4 is 28.8 Å². The lowest BCUT2D eigenvalue weighted by Crippen LogP contribution is -2.25. The predicted octanol–water partition coefficient (Wildman–Crippen LogP) is 2.64. The van der Waals surface area contributed by atoms with Gasteiger partial charge in [0.25, 0.3) is 0 Å². The highest BCUT2D eigenvalue weighted by atomic mass is 35.5. The maximum atomic E-state index is 12.2. The lowest BCUT2D eigenvalue weighted by molar-refractivity contribution is -0.169. The number of halogens is 4. The third kappa shape index (κ3) is 3.67. The molecule has 0 radical (unpaired) electrons. The summed E-state index contributed by atoms with van der Waals surface area (Å²) in [6.07, 6.45) is -1.92. The largest absolute Gasteiger partial charge is 0.473 e. The van der Waals surface area contributed by atoms with Crippen molar-refractivity contribution in [1.29, 1.82) is 0 Å². The second kappa shape index (κ2) is 5.76. The van der Waals surface area contributed by atoms with Crippen molar-refractivity contribution in [3.8, 4) is 0 Å². The lowest BCUT2D eigenvalue weighted by atomic mass is 10.3. The van der Waals surface area contributed by atoms with Crippen LogP contribution in [0.4, 0.5) is 13.2 Å². The van der Waals surface area contributed by atoms with Gasteiger partial charge in [-0.15, -0.1) is 11.3 Å². The van der Waals surface area contributed by atoms with Gasteiger partial charge in [-0.1, -0.05) is 17.7 Å². The van der Waals surface area contributed by atoms with Crippen LogP contribution in [0.5, 0.6) is 0 Å². The molecule has 0 aliphatic rings. The molecule has 4 nitrogen and oxygen atoms in total. The molecule has 106 valence electrons. The zero-order valence-corrected chi connectivity index (χ0v) is 11.3. The molecular formula is C11H7ClF3N3OS. The van der Waals surface area contributed by atoms with Crippen LogP contribution >= 0.6 is 22.9 Å². The maximum Gasteiger partial charge on any atom is 0.473 e. The molecule has 0 saturated carbocycles. The Kier molecular flexibility index (Phi) is 4.24. The monoisotopic (exact) mass is 321 g/mol. The van der Waals surface area contributed by atoms with Crippen LogP contribution in [-0.2, 0) is 11.3 Å². The van der Waals surface area contributed by atoms with Gasteiger partial charge in [-0.25, -0.2) is 4.98 Å². The summed E-state index contributed by atoms with van der Waals surface area (Å²) < 4.78 is 37.9. The van der Waals surface area contributed by atoms with E-state index in [2.05, 4.69) is 9.98 Å². The first-order valence-corrected chi connectivity index (χ1v) is 6.52. The van der Waals surface area contributed by atoms with Crippen molar-refractivity contribution in [2.24, 2.45) is 4.99 Å². The van der Waals surface area contributed by atoms with Crippen LogP contribution in [0.2, 0.25) is 5.15 Å². The van der Waals surface area contributed by atoms with Crippen LogP contribution in [0.25, 0.3) is 0 Å². The Labute approximate surface area is 120 Å². The number of rotatable bonds is 2. The van der Waals surface area contributed by atoms with Crippen molar-refractivity contribution in [1.82, 2.24) is 9.55 Å². The van der Waals surface area contributed by atoms with Gasteiger partial charge in [0.05, 0.1) is 6.54 Å². The summed E-state index contributed by atoms with van der Waals surface area (Å²) in [4.78, 5) is 17.8. The number of aromatic nitrogens is 2. The van der Waals surface area contributed by atoms with Crippen LogP contribution in [0, 0.1) is 0 Å². The van der Waals surface area contributed by atoms with E-state index in [-0.39, 0.29) is 11.3 Å². The Morgan fingerprint density at radius 1 is 1.45 bits per heavy atom. The fraction of sp³-hybridized carbons (Fsp3) is 0.182. The molecule has 20 heavy (non-hydrogen) atoms. The highest BCUT2D eigenvalue weighted by molar-refractivity contribution is 7.07. The summed E-state index contributed by atoms with van der Waals surface area (Å²) >= 11 is 6.59. The fourth-order valence-electron chi connectivity index (χ4n) is 1.35. The molecule has 2 heterocycles. The van der Waals surface area contributed by atoms with E-state index in [4.69, 9.17) is 11.6 Å². The number of nitrogens with zero attached hydrogens (tertiary/aromatic N) is 3. The molecule has 0 spiro atoms. The third-order valence-electron chi connectivity index (χ3n) is 2.24. The number of amides is 1. The Balaban J connectivity index is 2.27. The number of hydrogen-bond acceptors (Lipinski definition) is 3. The van der Waals surface area contributed by atoms with E-state index >= 15 is 0 Å². The second-order valence-electron chi connectivity index (χ2n) is 3.72. The van der Waals surface area contributed by atoms with Crippen molar-refractivity contribution in [2.45, 2.75) is 12.7 Å². The summed E-state index contributed by atoms with van der Waals surface area (Å²) in [5, 5.41) is 1.87. The summed E-state index contributed by atoms with van der Waals surface area (Å²) in [5.41, 5.74) is 0.730. The van der Waals surface area contributed by atoms with Gasteiger partial charge in [0, 0.05) is 17.8 Å². The number of thiazole rings is 1. The first-order valence-electron chi connectivity index (χ1n) is 5.26. The molecule has 0 unspecified atom stereocenters. The van der Waals surface area contributed by atoms with Gasteiger partial charge >= 0.3 is 12.1 Å². The van der Waals surface area contributed by atoms with Gasteiger partial charge in [-0.3, -0.25) is 4.79 Å². The molecule has 2 aromatic rings. The average Bonchev–Trinajstić information content (AvgIpc) is 2.78. The predicted molar refractivity (Wildman–Crippen MR) is 67.3 cm³/mol. The molecule has 0 fully saturated rings. The minimum atomic E-state index is -4.97. The average molecular weight is 322 g/mol. The Hall–Kier alpha value is -1.67. The van der Waals surface area contributed by atoms with Crippen LogP contribution < -0.4 is 4.80 Å². The van der Waals surface area contributed by atoms with Crippen molar-refractivity contribution in [3.63, 3.8) is 0 Å². The quantitative estimate of drug-likeness (QED) is 0.798. The smallest absolute Gasteiger partial charge is 0.319 e. The molecular weight excluding hydrogens is 315 g/mol. The van der Waals surface area contributed by atoms with Gasteiger partial charge in [-0.05, 0) is 11.6 Å². The molecule has 0 bridgehead atoms. The van der Waals surface area contributed by atoms with E-state index in [1.54, 1.807) is 23.7 Å². The van der Waals surface area contributed by atoms with Gasteiger partial charge in [0.2, 0.25) is 0 Å². The molecule has 0 saturated heterocycles. The molecule has 9 heteroatoms. The SMILES string of the molecule is O=C(/N=c1/sccn1Cc1ccc(Cl)nc1)C(F)(F)F. The Bertz CT molecular complexity index is 675. The van der Waals surface area contributed by atoms with Crippen molar-refractivity contribution in [2.75, 3.05) is 0 Å². The zero-order valence-electron chi connectivity index (χ0n) is 9.76. The number of carbonyl (C=O) groups is 1. The Morgan fingerprint density at radius 3 is 2.80 bits per heavy atom. The van der Waals surface area contributed by atoms with Gasteiger partial charge < -0.3 is 4.57 Å². The molecule has 2 rings (SSSR count). The van der Waals surface area contributed by atoms with Crippen LogP contribution in [0.15, 0.2) is 34.9 Å². The summed E-state index contributed by atoms with van der Waals surface area (Å²) in [6, 6.07) is 3.26. The summed E-state index contributed by atoms with van der Waals surface area (Å²) in [5.74, 6) is -2.12. The number of hydrogen-bond donors (Lipinski definition) is 0. The molecule has 2 aromatic heterocycles. The number of pyridine rings is 1. The molecule has 0 aromatic carbocycles. The van der Waals surface area contributed by atoms with E-state index in [1.165, 1.54) is 10.8 Å². The molecule has 0 atom stereocenters. The van der Waals surface area contributed by atoms with Gasteiger partial charge in [0.15, 0.2) is 4.80 Å². The lowest BCUT2D eigenvalue weighted by Gasteiger charge is -2.03. The first-order chi connectivity index (χ1) is 9.36. The van der Waals surface area contributed by atoms with Crippen LogP contribution in [0.3, 0.4) is 0 Å². The highest BCUT2D eigenvalue weighted by Crippen LogP contribution is 2.16. The van der Waals surface area contributed by atoms with Crippen molar-refractivity contribution in [3.05, 3.63) is 45.4 Å². The van der Waals surface area contributed by atoms with Crippen molar-refractivity contribution < 1.29 is 18.0 Å². The topological polar surface area (TPSA) is 47.2 Å². The number of alkyl halides is 3. The highest BCUT2D eigenvalue weighted by Gasteiger charge is 2.38. The van der Waals surface area contributed by atoms with E-state index in [9.17, 15) is 18.0 Å². The summed E-state index contributed by atoms with van der Waals surface area (Å²) in [7, 11) is 0. The van der Waals surface area contributed by atoms with Crippen LogP contribution in [-0.4, -0.2) is 21.6 Å². The van der Waals surface area contributed by atoms with E-state index in [1.807, 2.05) is 0 Å². The minimum absolute atomic E-state index is 0.0257. The van der Waals surface area contributed by atoms with Gasteiger partial charge in [0.1, 0.15) is 5.15 Å². The molecule has 0 aliphatic carbocycles. The Morgan fingerprint density at radius 2 is 2.20 bits per heavy atom. The van der Waals surface area contributed by atoms with E-state index < -0.39 is 12.1 Å².